The van der Waals surface area contributed by atoms with E-state index >= 15 is 0 Å². The molecule has 0 heterocycles. The van der Waals surface area contributed by atoms with E-state index in [4.69, 9.17) is 22.0 Å². The zero-order valence-corrected chi connectivity index (χ0v) is 10.4. The number of nitrogens with zero attached hydrogens (tertiary/aromatic N) is 1. The third-order valence-electron chi connectivity index (χ3n) is 3.03. The SMILES string of the molecule is N#C[C@@]1(CO)C[C@@H]1S(=O)(=O)c1ccc(Cl)cc1. The summed E-state index contributed by atoms with van der Waals surface area (Å²) >= 11 is 5.68. The van der Waals surface area contributed by atoms with Crippen molar-refractivity contribution in [3.05, 3.63) is 29.3 Å². The molecule has 1 aliphatic rings. The molecule has 1 aromatic carbocycles. The summed E-state index contributed by atoms with van der Waals surface area (Å²) in [6.07, 6.45) is 0.185. The zero-order chi connectivity index (χ0) is 12.7. The van der Waals surface area contributed by atoms with Gasteiger partial charge in [-0.3, -0.25) is 0 Å². The van der Waals surface area contributed by atoms with Crippen LogP contribution in [-0.4, -0.2) is 25.4 Å². The topological polar surface area (TPSA) is 78.2 Å². The Labute approximate surface area is 104 Å². The quantitative estimate of drug-likeness (QED) is 0.901. The molecule has 0 aliphatic heterocycles. The molecule has 0 amide bonds. The first-order valence-electron chi connectivity index (χ1n) is 4.98. The van der Waals surface area contributed by atoms with Gasteiger partial charge in [0, 0.05) is 5.02 Å². The van der Waals surface area contributed by atoms with Gasteiger partial charge in [0.1, 0.15) is 0 Å². The maximum atomic E-state index is 12.1. The van der Waals surface area contributed by atoms with Crippen LogP contribution in [-0.2, 0) is 9.84 Å². The van der Waals surface area contributed by atoms with Crippen LogP contribution >= 0.6 is 11.6 Å². The number of rotatable bonds is 3. The van der Waals surface area contributed by atoms with E-state index in [0.29, 0.717) is 5.02 Å². The summed E-state index contributed by atoms with van der Waals surface area (Å²) in [6, 6.07) is 7.69. The molecule has 1 fully saturated rings. The first kappa shape index (κ1) is 12.4. The van der Waals surface area contributed by atoms with Crippen molar-refractivity contribution in [2.24, 2.45) is 5.41 Å². The number of hydrogen-bond acceptors (Lipinski definition) is 4. The van der Waals surface area contributed by atoms with Crippen LogP contribution in [0, 0.1) is 16.7 Å². The minimum absolute atomic E-state index is 0.137. The van der Waals surface area contributed by atoms with Crippen molar-refractivity contribution in [2.75, 3.05) is 6.61 Å². The fourth-order valence-corrected chi connectivity index (χ4v) is 3.99. The van der Waals surface area contributed by atoms with Crippen molar-refractivity contribution >= 4 is 21.4 Å². The molecular weight excluding hydrogens is 262 g/mol. The molecule has 1 aromatic rings. The summed E-state index contributed by atoms with van der Waals surface area (Å²) in [6.45, 7) is -0.430. The monoisotopic (exact) mass is 271 g/mol. The largest absolute Gasteiger partial charge is 0.395 e. The van der Waals surface area contributed by atoms with E-state index in [1.807, 2.05) is 6.07 Å². The van der Waals surface area contributed by atoms with Crippen LogP contribution in [0.4, 0.5) is 0 Å². The maximum absolute atomic E-state index is 12.1. The molecule has 0 saturated heterocycles. The van der Waals surface area contributed by atoms with Crippen molar-refractivity contribution in [2.45, 2.75) is 16.6 Å². The summed E-state index contributed by atoms with van der Waals surface area (Å²) in [5, 5.41) is 17.6. The molecule has 1 N–H and O–H groups in total. The van der Waals surface area contributed by atoms with Gasteiger partial charge in [-0.05, 0) is 30.7 Å². The zero-order valence-electron chi connectivity index (χ0n) is 8.80. The molecule has 2 atom stereocenters. The van der Waals surface area contributed by atoms with E-state index in [-0.39, 0.29) is 11.3 Å². The highest BCUT2D eigenvalue weighted by atomic mass is 35.5. The Hall–Kier alpha value is -1.09. The number of benzene rings is 1. The highest BCUT2D eigenvalue weighted by molar-refractivity contribution is 7.92. The molecule has 4 nitrogen and oxygen atoms in total. The van der Waals surface area contributed by atoms with Crippen molar-refractivity contribution in [1.82, 2.24) is 0 Å². The standard InChI is InChI=1S/C11H10ClNO3S/c12-8-1-3-9(4-2-8)17(15,16)10-5-11(10,6-13)7-14/h1-4,10,14H,5,7H2/t10-,11+/m0/s1. The summed E-state index contributed by atoms with van der Waals surface area (Å²) in [4.78, 5) is 0.137. The number of aliphatic hydroxyl groups is 1. The fraction of sp³-hybridized carbons (Fsp3) is 0.364. The number of halogens is 1. The molecular formula is C11H10ClNO3S. The Morgan fingerprint density at radius 1 is 1.47 bits per heavy atom. The number of sulfone groups is 1. The van der Waals surface area contributed by atoms with E-state index in [9.17, 15) is 8.42 Å². The highest BCUT2D eigenvalue weighted by Crippen LogP contribution is 2.51. The van der Waals surface area contributed by atoms with Crippen LogP contribution in [0.1, 0.15) is 6.42 Å². The molecule has 1 saturated carbocycles. The van der Waals surface area contributed by atoms with Gasteiger partial charge in [-0.25, -0.2) is 8.42 Å². The summed E-state index contributed by atoms with van der Waals surface area (Å²) < 4.78 is 24.3. The van der Waals surface area contributed by atoms with Crippen LogP contribution in [0.15, 0.2) is 29.2 Å². The minimum atomic E-state index is -3.56. The van der Waals surface area contributed by atoms with Gasteiger partial charge < -0.3 is 5.11 Å². The molecule has 0 bridgehead atoms. The highest BCUT2D eigenvalue weighted by Gasteiger charge is 2.62. The molecule has 0 spiro atoms. The first-order chi connectivity index (χ1) is 7.96. The average Bonchev–Trinajstić information content (AvgIpc) is 3.06. The van der Waals surface area contributed by atoms with Gasteiger partial charge >= 0.3 is 0 Å². The second-order valence-corrected chi connectivity index (χ2v) is 6.68. The second kappa shape index (κ2) is 3.98. The summed E-state index contributed by atoms with van der Waals surface area (Å²) in [5.74, 6) is 0. The lowest BCUT2D eigenvalue weighted by atomic mass is 10.2. The van der Waals surface area contributed by atoms with Crippen LogP contribution in [0.5, 0.6) is 0 Å². The third-order valence-corrected chi connectivity index (χ3v) is 5.58. The van der Waals surface area contributed by atoms with Gasteiger partial charge in [-0.2, -0.15) is 5.26 Å². The maximum Gasteiger partial charge on any atom is 0.182 e. The number of hydrogen-bond donors (Lipinski definition) is 1. The first-order valence-corrected chi connectivity index (χ1v) is 6.90. The average molecular weight is 272 g/mol. The summed E-state index contributed by atoms with van der Waals surface area (Å²) in [5.41, 5.74) is -1.13. The lowest BCUT2D eigenvalue weighted by Crippen LogP contribution is -2.18. The van der Waals surface area contributed by atoms with Gasteiger partial charge in [0.05, 0.1) is 28.2 Å². The Balaban J connectivity index is 2.35. The Morgan fingerprint density at radius 2 is 2.06 bits per heavy atom. The van der Waals surface area contributed by atoms with Crippen LogP contribution in [0.2, 0.25) is 5.02 Å². The lowest BCUT2D eigenvalue weighted by Gasteiger charge is -2.06. The van der Waals surface area contributed by atoms with Gasteiger partial charge in [0.2, 0.25) is 0 Å². The number of nitriles is 1. The van der Waals surface area contributed by atoms with Crippen molar-refractivity contribution in [1.29, 1.82) is 5.26 Å². The molecule has 2 rings (SSSR count). The molecule has 90 valence electrons. The summed E-state index contributed by atoms with van der Waals surface area (Å²) in [7, 11) is -3.56. The van der Waals surface area contributed by atoms with E-state index < -0.39 is 27.1 Å². The van der Waals surface area contributed by atoms with E-state index in [1.165, 1.54) is 24.3 Å². The van der Waals surface area contributed by atoms with E-state index in [0.717, 1.165) is 0 Å². The van der Waals surface area contributed by atoms with Crippen LogP contribution < -0.4 is 0 Å². The Morgan fingerprint density at radius 3 is 2.47 bits per heavy atom. The Kier molecular flexibility index (Phi) is 2.90. The van der Waals surface area contributed by atoms with Gasteiger partial charge in [0.15, 0.2) is 9.84 Å². The minimum Gasteiger partial charge on any atom is -0.395 e. The molecule has 6 heteroatoms. The Bertz CT molecular complexity index is 576. The van der Waals surface area contributed by atoms with Crippen molar-refractivity contribution in [3.63, 3.8) is 0 Å². The molecule has 0 aromatic heterocycles. The van der Waals surface area contributed by atoms with Gasteiger partial charge in [0.25, 0.3) is 0 Å². The predicted octanol–water partition coefficient (Wildman–Crippen LogP) is 1.39. The third kappa shape index (κ3) is 1.93. The molecule has 0 radical (unpaired) electrons. The predicted molar refractivity (Wildman–Crippen MR) is 62.2 cm³/mol. The lowest BCUT2D eigenvalue weighted by molar-refractivity contribution is 0.246. The molecule has 17 heavy (non-hydrogen) atoms. The smallest absolute Gasteiger partial charge is 0.182 e. The van der Waals surface area contributed by atoms with Crippen molar-refractivity contribution in [3.8, 4) is 6.07 Å². The van der Waals surface area contributed by atoms with Crippen molar-refractivity contribution < 1.29 is 13.5 Å². The van der Waals surface area contributed by atoms with E-state index in [1.54, 1.807) is 0 Å². The molecule has 1 aliphatic carbocycles. The van der Waals surface area contributed by atoms with Crippen LogP contribution in [0.25, 0.3) is 0 Å². The van der Waals surface area contributed by atoms with Gasteiger partial charge in [-0.1, -0.05) is 11.6 Å². The van der Waals surface area contributed by atoms with Crippen LogP contribution in [0.3, 0.4) is 0 Å². The van der Waals surface area contributed by atoms with Gasteiger partial charge in [-0.15, -0.1) is 0 Å². The normalized spacial score (nSPS) is 27.5. The fourth-order valence-electron chi connectivity index (χ4n) is 1.79. The second-order valence-electron chi connectivity index (χ2n) is 4.12. The van der Waals surface area contributed by atoms with E-state index in [2.05, 4.69) is 0 Å². The molecule has 0 unspecified atom stereocenters. The number of aliphatic hydroxyl groups excluding tert-OH is 1.